The smallest absolute Gasteiger partial charge is 0.309 e. The Balaban J connectivity index is 1.73. The summed E-state index contributed by atoms with van der Waals surface area (Å²) < 4.78 is 0. The number of carboxylic acid groups (broad SMARTS) is 1. The Morgan fingerprint density at radius 1 is 1.28 bits per heavy atom. The maximum Gasteiger partial charge on any atom is 0.309 e. The second kappa shape index (κ2) is 7.25. The fourth-order valence-corrected chi connectivity index (χ4v) is 3.64. The molecule has 0 atom stereocenters. The molecule has 3 rings (SSSR count). The minimum absolute atomic E-state index is 0.0818. The zero-order valence-electron chi connectivity index (χ0n) is 13.7. The van der Waals surface area contributed by atoms with E-state index in [0.29, 0.717) is 24.5 Å². The molecule has 0 spiro atoms. The van der Waals surface area contributed by atoms with Crippen molar-refractivity contribution in [2.45, 2.75) is 23.3 Å². The Morgan fingerprint density at radius 2 is 1.96 bits per heavy atom. The first-order valence-electron chi connectivity index (χ1n) is 7.89. The molecule has 0 amide bonds. The van der Waals surface area contributed by atoms with Crippen LogP contribution >= 0.6 is 11.8 Å². The van der Waals surface area contributed by atoms with Crippen LogP contribution in [0.4, 0.5) is 5.69 Å². The van der Waals surface area contributed by atoms with E-state index >= 15 is 0 Å². The lowest BCUT2D eigenvalue weighted by Gasteiger charge is -2.36. The molecule has 1 fully saturated rings. The molecule has 2 aromatic carbocycles. The maximum atomic E-state index is 11.4. The van der Waals surface area contributed by atoms with Gasteiger partial charge in [-0.15, -0.1) is 0 Å². The lowest BCUT2D eigenvalue weighted by Crippen LogP contribution is -2.49. The summed E-state index contributed by atoms with van der Waals surface area (Å²) in [4.78, 5) is 25.4. The molecule has 0 aliphatic carbocycles. The summed E-state index contributed by atoms with van der Waals surface area (Å²) in [6, 6.07) is 13.1. The van der Waals surface area contributed by atoms with E-state index in [1.165, 1.54) is 11.8 Å². The van der Waals surface area contributed by atoms with Crippen LogP contribution in [0.1, 0.15) is 11.1 Å². The largest absolute Gasteiger partial charge is 0.481 e. The zero-order chi connectivity index (χ0) is 18.0. The van der Waals surface area contributed by atoms with E-state index in [-0.39, 0.29) is 16.5 Å². The molecule has 25 heavy (non-hydrogen) atoms. The van der Waals surface area contributed by atoms with Crippen molar-refractivity contribution in [3.63, 3.8) is 0 Å². The number of rotatable bonds is 6. The summed E-state index contributed by atoms with van der Waals surface area (Å²) in [6.07, 6.45) is 0. The van der Waals surface area contributed by atoms with Crippen molar-refractivity contribution in [1.82, 2.24) is 4.90 Å². The van der Waals surface area contributed by atoms with Gasteiger partial charge >= 0.3 is 5.97 Å². The summed E-state index contributed by atoms with van der Waals surface area (Å²) in [5.74, 6) is -1.11. The third kappa shape index (κ3) is 4.18. The topological polar surface area (TPSA) is 83.7 Å². The van der Waals surface area contributed by atoms with Crippen molar-refractivity contribution < 1.29 is 14.8 Å². The van der Waals surface area contributed by atoms with E-state index in [1.54, 1.807) is 12.1 Å². The molecule has 0 aromatic heterocycles. The van der Waals surface area contributed by atoms with Crippen molar-refractivity contribution in [2.75, 3.05) is 13.1 Å². The number of hydrogen-bond donors (Lipinski definition) is 1. The van der Waals surface area contributed by atoms with Crippen molar-refractivity contribution in [3.05, 3.63) is 63.7 Å². The second-order valence-electron chi connectivity index (χ2n) is 6.20. The molecule has 2 aromatic rings. The average molecular weight is 358 g/mol. The minimum atomic E-state index is -0.785. The zero-order valence-corrected chi connectivity index (χ0v) is 14.5. The van der Waals surface area contributed by atoms with Crippen LogP contribution in [0.5, 0.6) is 0 Å². The van der Waals surface area contributed by atoms with Crippen LogP contribution in [0, 0.1) is 23.0 Å². The van der Waals surface area contributed by atoms with Gasteiger partial charge in [-0.25, -0.2) is 0 Å². The number of aliphatic carboxylic acids is 1. The standard InChI is InChI=1S/C18H18N2O4S/c1-12-2-5-15(6-3-12)25-17-7-4-13(8-16(17)20(23)24)9-19-10-14(11-19)18(21)22/h2-8,14H,9-11H2,1H3,(H,21,22). The van der Waals surface area contributed by atoms with Gasteiger partial charge in [0.2, 0.25) is 0 Å². The fraction of sp³-hybridized carbons (Fsp3) is 0.278. The van der Waals surface area contributed by atoms with E-state index < -0.39 is 5.97 Å². The first-order valence-corrected chi connectivity index (χ1v) is 8.71. The van der Waals surface area contributed by atoms with Crippen molar-refractivity contribution in [3.8, 4) is 0 Å². The number of likely N-dealkylation sites (tertiary alicyclic amines) is 1. The normalized spacial score (nSPS) is 14.9. The molecular formula is C18H18N2O4S. The lowest BCUT2D eigenvalue weighted by atomic mass is 9.99. The van der Waals surface area contributed by atoms with E-state index in [0.717, 1.165) is 16.0 Å². The predicted octanol–water partition coefficient (Wildman–Crippen LogP) is 3.57. The highest BCUT2D eigenvalue weighted by Crippen LogP contribution is 2.36. The maximum absolute atomic E-state index is 11.4. The van der Waals surface area contributed by atoms with Crippen LogP contribution in [-0.2, 0) is 11.3 Å². The SMILES string of the molecule is Cc1ccc(Sc2ccc(CN3CC(C(=O)O)C3)cc2[N+](=O)[O-])cc1. The van der Waals surface area contributed by atoms with Gasteiger partial charge in [-0.05, 0) is 30.7 Å². The quantitative estimate of drug-likeness (QED) is 0.628. The summed E-state index contributed by atoms with van der Waals surface area (Å²) in [5, 5.41) is 20.3. The van der Waals surface area contributed by atoms with Crippen LogP contribution in [0.25, 0.3) is 0 Å². The molecule has 0 bridgehead atoms. The van der Waals surface area contributed by atoms with Crippen molar-refractivity contribution in [1.29, 1.82) is 0 Å². The van der Waals surface area contributed by atoms with Crippen molar-refractivity contribution >= 4 is 23.4 Å². The number of hydrogen-bond acceptors (Lipinski definition) is 5. The van der Waals surface area contributed by atoms with Crippen LogP contribution in [0.3, 0.4) is 0 Å². The molecule has 1 aliphatic rings. The second-order valence-corrected chi connectivity index (χ2v) is 7.32. The Morgan fingerprint density at radius 3 is 2.56 bits per heavy atom. The Kier molecular flexibility index (Phi) is 5.06. The van der Waals surface area contributed by atoms with Gasteiger partial charge < -0.3 is 5.11 Å². The van der Waals surface area contributed by atoms with Gasteiger partial charge in [0.15, 0.2) is 0 Å². The monoisotopic (exact) mass is 358 g/mol. The molecule has 6 nitrogen and oxygen atoms in total. The van der Waals surface area contributed by atoms with E-state index in [9.17, 15) is 14.9 Å². The van der Waals surface area contributed by atoms with E-state index in [1.807, 2.05) is 42.2 Å². The van der Waals surface area contributed by atoms with Gasteiger partial charge in [-0.1, -0.05) is 35.5 Å². The lowest BCUT2D eigenvalue weighted by molar-refractivity contribution is -0.387. The fourth-order valence-electron chi connectivity index (χ4n) is 2.74. The molecule has 0 saturated carbocycles. The van der Waals surface area contributed by atoms with Gasteiger partial charge in [0.1, 0.15) is 0 Å². The van der Waals surface area contributed by atoms with Gasteiger partial charge in [0, 0.05) is 30.6 Å². The summed E-state index contributed by atoms with van der Waals surface area (Å²) >= 11 is 1.37. The molecule has 0 radical (unpaired) electrons. The number of carbonyl (C=O) groups is 1. The highest BCUT2D eigenvalue weighted by molar-refractivity contribution is 7.99. The Hall–Kier alpha value is -2.38. The minimum Gasteiger partial charge on any atom is -0.481 e. The summed E-state index contributed by atoms with van der Waals surface area (Å²) in [6.45, 7) is 3.50. The molecule has 7 heteroatoms. The van der Waals surface area contributed by atoms with Crippen molar-refractivity contribution in [2.24, 2.45) is 5.92 Å². The third-order valence-corrected chi connectivity index (χ3v) is 5.25. The van der Waals surface area contributed by atoms with Gasteiger partial charge in [-0.2, -0.15) is 0 Å². The summed E-state index contributed by atoms with van der Waals surface area (Å²) in [7, 11) is 0. The van der Waals surface area contributed by atoms with Crippen LogP contribution in [0.15, 0.2) is 52.3 Å². The number of carboxylic acids is 1. The molecule has 130 valence electrons. The number of nitro benzene ring substituents is 1. The number of benzene rings is 2. The predicted molar refractivity (Wildman–Crippen MR) is 94.8 cm³/mol. The molecular weight excluding hydrogens is 340 g/mol. The van der Waals surface area contributed by atoms with E-state index in [2.05, 4.69) is 0 Å². The highest BCUT2D eigenvalue weighted by Gasteiger charge is 2.32. The molecule has 1 heterocycles. The highest BCUT2D eigenvalue weighted by atomic mass is 32.2. The van der Waals surface area contributed by atoms with E-state index in [4.69, 9.17) is 5.11 Å². The summed E-state index contributed by atoms with van der Waals surface area (Å²) in [5.41, 5.74) is 2.05. The molecule has 0 unspecified atom stereocenters. The molecule has 1 saturated heterocycles. The Labute approximate surface area is 149 Å². The van der Waals surface area contributed by atoms with Gasteiger partial charge in [-0.3, -0.25) is 19.8 Å². The first kappa shape index (κ1) is 17.4. The average Bonchev–Trinajstić information content (AvgIpc) is 2.53. The number of nitrogens with zero attached hydrogens (tertiary/aromatic N) is 2. The van der Waals surface area contributed by atoms with Crippen LogP contribution in [-0.4, -0.2) is 34.0 Å². The van der Waals surface area contributed by atoms with Crippen LogP contribution < -0.4 is 0 Å². The third-order valence-electron chi connectivity index (χ3n) is 4.18. The van der Waals surface area contributed by atoms with Gasteiger partial charge in [0.25, 0.3) is 5.69 Å². The number of aryl methyl sites for hydroxylation is 1. The Bertz CT molecular complexity index is 801. The molecule has 1 N–H and O–H groups in total. The first-order chi connectivity index (χ1) is 11.9. The molecule has 1 aliphatic heterocycles. The van der Waals surface area contributed by atoms with Gasteiger partial charge in [0.05, 0.1) is 15.7 Å². The van der Waals surface area contributed by atoms with Crippen LogP contribution in [0.2, 0.25) is 0 Å². The number of nitro groups is 1.